The molecule has 1 aliphatic heterocycles. The van der Waals surface area contributed by atoms with Crippen molar-refractivity contribution in [1.29, 1.82) is 0 Å². The topological polar surface area (TPSA) is 6.48 Å². The van der Waals surface area contributed by atoms with Gasteiger partial charge in [0.25, 0.3) is 0 Å². The molecule has 0 saturated carbocycles. The van der Waals surface area contributed by atoms with Crippen LogP contribution >= 0.6 is 0 Å². The molecule has 0 bridgehead atoms. The third-order valence-corrected chi connectivity index (χ3v) is 6.45. The summed E-state index contributed by atoms with van der Waals surface area (Å²) in [6.45, 7) is 21.8. The minimum Gasteiger partial charge on any atom is -0.298 e. The van der Waals surface area contributed by atoms with Crippen molar-refractivity contribution in [3.63, 3.8) is 0 Å². The molecule has 2 heteroatoms. The molecule has 1 aromatic rings. The molecule has 0 spiro atoms. The van der Waals surface area contributed by atoms with E-state index in [1.807, 2.05) is 13.8 Å². The van der Waals surface area contributed by atoms with E-state index in [0.29, 0.717) is 11.5 Å². The predicted molar refractivity (Wildman–Crippen MR) is 125 cm³/mol. The predicted octanol–water partition coefficient (Wildman–Crippen LogP) is 6.26. The van der Waals surface area contributed by atoms with Crippen LogP contribution in [-0.2, 0) is 6.42 Å². The van der Waals surface area contributed by atoms with E-state index in [-0.39, 0.29) is 0 Å². The van der Waals surface area contributed by atoms with E-state index in [4.69, 9.17) is 0 Å². The van der Waals surface area contributed by atoms with E-state index in [1.165, 1.54) is 63.1 Å². The Bertz CT molecular complexity index is 616. The summed E-state index contributed by atoms with van der Waals surface area (Å²) < 4.78 is 0. The molecular weight excluding hydrogens is 340 g/mol. The zero-order valence-corrected chi connectivity index (χ0v) is 19.6. The molecular formula is C26H44N2. The Balaban J connectivity index is 0.00000136. The quantitative estimate of drug-likeness (QED) is 0.591. The monoisotopic (exact) mass is 384 g/mol. The molecule has 2 nitrogen and oxygen atoms in total. The summed E-state index contributed by atoms with van der Waals surface area (Å²) in [5, 5.41) is 0. The van der Waals surface area contributed by atoms with Gasteiger partial charge < -0.3 is 0 Å². The molecule has 1 aromatic carbocycles. The average molecular weight is 385 g/mol. The number of nitrogens with zero attached hydrogens (tertiary/aromatic N) is 2. The zero-order chi connectivity index (χ0) is 20.7. The lowest BCUT2D eigenvalue weighted by molar-refractivity contribution is 0.114. The maximum atomic E-state index is 2.69. The molecule has 0 aromatic heterocycles. The third-order valence-electron chi connectivity index (χ3n) is 6.45. The van der Waals surface area contributed by atoms with Gasteiger partial charge in [0.2, 0.25) is 0 Å². The van der Waals surface area contributed by atoms with Gasteiger partial charge in [0.15, 0.2) is 0 Å². The van der Waals surface area contributed by atoms with Gasteiger partial charge in [0.1, 0.15) is 0 Å². The van der Waals surface area contributed by atoms with Gasteiger partial charge in [-0.25, -0.2) is 0 Å². The highest BCUT2D eigenvalue weighted by Gasteiger charge is 2.29. The second-order valence-electron chi connectivity index (χ2n) is 9.38. The lowest BCUT2D eigenvalue weighted by Gasteiger charge is -2.39. The fraction of sp³-hybridized carbons (Fsp3) is 0.692. The molecule has 1 heterocycles. The van der Waals surface area contributed by atoms with Gasteiger partial charge in [0, 0.05) is 38.8 Å². The molecule has 0 radical (unpaired) electrons. The van der Waals surface area contributed by atoms with Gasteiger partial charge in [-0.05, 0) is 61.6 Å². The average Bonchev–Trinajstić information content (AvgIpc) is 2.71. The first-order valence-electron chi connectivity index (χ1n) is 11.6. The fourth-order valence-corrected chi connectivity index (χ4v) is 4.46. The van der Waals surface area contributed by atoms with Gasteiger partial charge in [-0.3, -0.25) is 9.80 Å². The summed E-state index contributed by atoms with van der Waals surface area (Å²) in [7, 11) is 0. The van der Waals surface area contributed by atoms with Crippen LogP contribution in [0, 0.1) is 5.41 Å². The molecule has 0 atom stereocenters. The van der Waals surface area contributed by atoms with Crippen LogP contribution in [0.4, 0.5) is 0 Å². The van der Waals surface area contributed by atoms with Gasteiger partial charge in [-0.15, -0.1) is 0 Å². The first-order valence-corrected chi connectivity index (χ1v) is 11.6. The van der Waals surface area contributed by atoms with Crippen LogP contribution in [0.1, 0.15) is 78.9 Å². The van der Waals surface area contributed by atoms with E-state index in [9.17, 15) is 0 Å². The zero-order valence-electron chi connectivity index (χ0n) is 19.6. The summed E-state index contributed by atoms with van der Waals surface area (Å²) in [4.78, 5) is 5.30. The second-order valence-corrected chi connectivity index (χ2v) is 9.38. The van der Waals surface area contributed by atoms with Crippen molar-refractivity contribution in [2.45, 2.75) is 80.2 Å². The first-order chi connectivity index (χ1) is 13.4. The van der Waals surface area contributed by atoms with Crippen LogP contribution in [0.3, 0.4) is 0 Å². The number of benzene rings is 1. The van der Waals surface area contributed by atoms with Gasteiger partial charge in [-0.2, -0.15) is 0 Å². The second kappa shape index (κ2) is 10.6. The molecule has 158 valence electrons. The lowest BCUT2D eigenvalue weighted by atomic mass is 9.72. The molecule has 0 amide bonds. The van der Waals surface area contributed by atoms with Gasteiger partial charge in [-0.1, -0.05) is 64.5 Å². The Labute approximate surface area is 175 Å². The molecule has 2 aliphatic rings. The van der Waals surface area contributed by atoms with Crippen molar-refractivity contribution in [3.8, 4) is 0 Å². The standard InChI is InChI=1S/C24H38N2.C2H6/c1-6-20-7-9-21(10-8-20)23-17-24(4,5)12-11-22(23)18-25-13-15-26(16-14-25)19(2)3;1-2/h7-10,19H,6,11-18H2,1-5H3;1-2H3. The molecule has 1 saturated heterocycles. The van der Waals surface area contributed by atoms with E-state index in [0.717, 1.165) is 6.42 Å². The van der Waals surface area contributed by atoms with Gasteiger partial charge in [0.05, 0.1) is 0 Å². The van der Waals surface area contributed by atoms with Crippen LogP contribution in [0.15, 0.2) is 29.8 Å². The van der Waals surface area contributed by atoms with Crippen molar-refractivity contribution in [1.82, 2.24) is 9.80 Å². The minimum absolute atomic E-state index is 0.429. The molecule has 0 unspecified atom stereocenters. The fourth-order valence-electron chi connectivity index (χ4n) is 4.46. The Kier molecular flexibility index (Phi) is 8.77. The van der Waals surface area contributed by atoms with Crippen LogP contribution < -0.4 is 0 Å². The summed E-state index contributed by atoms with van der Waals surface area (Å²) in [5.74, 6) is 0. The Morgan fingerprint density at radius 1 is 0.964 bits per heavy atom. The maximum Gasteiger partial charge on any atom is 0.0200 e. The van der Waals surface area contributed by atoms with Crippen LogP contribution in [0.25, 0.3) is 5.57 Å². The Hall–Kier alpha value is -1.12. The number of allylic oxidation sites excluding steroid dienone is 1. The van der Waals surface area contributed by atoms with E-state index in [1.54, 1.807) is 11.1 Å². The largest absolute Gasteiger partial charge is 0.298 e. The number of piperazine rings is 1. The lowest BCUT2D eigenvalue weighted by Crippen LogP contribution is -2.49. The Morgan fingerprint density at radius 2 is 1.57 bits per heavy atom. The van der Waals surface area contributed by atoms with E-state index < -0.39 is 0 Å². The van der Waals surface area contributed by atoms with Gasteiger partial charge >= 0.3 is 0 Å². The third kappa shape index (κ3) is 6.19. The highest BCUT2D eigenvalue weighted by Crippen LogP contribution is 2.43. The van der Waals surface area contributed by atoms with Crippen molar-refractivity contribution < 1.29 is 0 Å². The molecule has 0 N–H and O–H groups in total. The normalized spacial score (nSPS) is 20.9. The number of hydrogen-bond donors (Lipinski definition) is 0. The number of hydrogen-bond acceptors (Lipinski definition) is 2. The molecule has 28 heavy (non-hydrogen) atoms. The van der Waals surface area contributed by atoms with Crippen molar-refractivity contribution in [2.24, 2.45) is 5.41 Å². The SMILES string of the molecule is CC.CCc1ccc(C2=C(CN3CCN(C(C)C)CC3)CCC(C)(C)C2)cc1. The highest BCUT2D eigenvalue weighted by molar-refractivity contribution is 5.70. The smallest absolute Gasteiger partial charge is 0.0200 e. The number of aryl methyl sites for hydroxylation is 1. The Morgan fingerprint density at radius 3 is 2.11 bits per heavy atom. The van der Waals surface area contributed by atoms with Crippen molar-refractivity contribution >= 4 is 5.57 Å². The van der Waals surface area contributed by atoms with Crippen molar-refractivity contribution in [3.05, 3.63) is 41.0 Å². The molecule has 1 aliphatic carbocycles. The maximum absolute atomic E-state index is 2.69. The summed E-state index contributed by atoms with van der Waals surface area (Å²) in [6, 6.07) is 10.1. The first kappa shape index (κ1) is 23.2. The summed E-state index contributed by atoms with van der Waals surface area (Å²) >= 11 is 0. The van der Waals surface area contributed by atoms with Crippen LogP contribution in [-0.4, -0.2) is 48.6 Å². The molecule has 1 fully saturated rings. The summed E-state index contributed by atoms with van der Waals surface area (Å²) in [6.07, 6.45) is 4.94. The minimum atomic E-state index is 0.429. The van der Waals surface area contributed by atoms with Crippen LogP contribution in [0.2, 0.25) is 0 Å². The molecule has 3 rings (SSSR count). The van der Waals surface area contributed by atoms with Crippen molar-refractivity contribution in [2.75, 3.05) is 32.7 Å². The van der Waals surface area contributed by atoms with E-state index >= 15 is 0 Å². The number of rotatable bonds is 5. The van der Waals surface area contributed by atoms with E-state index in [2.05, 4.69) is 68.7 Å². The van der Waals surface area contributed by atoms with Crippen LogP contribution in [0.5, 0.6) is 0 Å². The highest BCUT2D eigenvalue weighted by atomic mass is 15.3. The summed E-state index contributed by atoms with van der Waals surface area (Å²) in [5.41, 5.74) is 6.67.